The summed E-state index contributed by atoms with van der Waals surface area (Å²) in [7, 11) is 0. The highest BCUT2D eigenvalue weighted by molar-refractivity contribution is 4.71. The zero-order valence-corrected chi connectivity index (χ0v) is 10.8. The molecule has 86 valence electrons. The van der Waals surface area contributed by atoms with Crippen molar-refractivity contribution in [3.63, 3.8) is 0 Å². The summed E-state index contributed by atoms with van der Waals surface area (Å²) in [5, 5.41) is 9.24. The maximum absolute atomic E-state index is 9.24. The van der Waals surface area contributed by atoms with E-state index in [2.05, 4.69) is 41.5 Å². The highest BCUT2D eigenvalue weighted by Crippen LogP contribution is 2.29. The summed E-state index contributed by atoms with van der Waals surface area (Å²) in [6.07, 6.45) is 2.40. The predicted octanol–water partition coefficient (Wildman–Crippen LogP) is 3.71. The molecule has 0 aromatic rings. The Kier molecular flexibility index (Phi) is 5.73. The predicted molar refractivity (Wildman–Crippen MR) is 63.3 cm³/mol. The van der Waals surface area contributed by atoms with Gasteiger partial charge >= 0.3 is 0 Å². The lowest BCUT2D eigenvalue weighted by Crippen LogP contribution is -2.19. The fourth-order valence-corrected chi connectivity index (χ4v) is 2.20. The third-order valence-corrected chi connectivity index (χ3v) is 2.84. The van der Waals surface area contributed by atoms with E-state index in [1.807, 2.05) is 0 Å². The zero-order valence-electron chi connectivity index (χ0n) is 10.8. The van der Waals surface area contributed by atoms with Crippen LogP contribution in [0.5, 0.6) is 0 Å². The van der Waals surface area contributed by atoms with Gasteiger partial charge in [-0.25, -0.2) is 0 Å². The van der Waals surface area contributed by atoms with Crippen molar-refractivity contribution in [2.24, 2.45) is 23.2 Å². The topological polar surface area (TPSA) is 20.2 Å². The summed E-state index contributed by atoms with van der Waals surface area (Å²) in [6, 6.07) is 0. The van der Waals surface area contributed by atoms with E-state index in [0.29, 0.717) is 23.9 Å². The third-order valence-electron chi connectivity index (χ3n) is 2.84. The molecule has 2 atom stereocenters. The zero-order chi connectivity index (χ0) is 11.4. The van der Waals surface area contributed by atoms with E-state index in [1.54, 1.807) is 0 Å². The van der Waals surface area contributed by atoms with E-state index in [9.17, 15) is 5.11 Å². The molecule has 0 saturated heterocycles. The second kappa shape index (κ2) is 5.75. The average molecular weight is 200 g/mol. The summed E-state index contributed by atoms with van der Waals surface area (Å²) in [5.74, 6) is 1.80. The van der Waals surface area contributed by atoms with E-state index in [4.69, 9.17) is 0 Å². The van der Waals surface area contributed by atoms with Gasteiger partial charge in [0.15, 0.2) is 0 Å². The molecule has 0 spiro atoms. The smallest absolute Gasteiger partial charge is 0.0461 e. The molecular weight excluding hydrogens is 172 g/mol. The van der Waals surface area contributed by atoms with Crippen LogP contribution in [0.15, 0.2) is 0 Å². The molecule has 1 heteroatoms. The van der Waals surface area contributed by atoms with Gasteiger partial charge in [0.05, 0.1) is 0 Å². The van der Waals surface area contributed by atoms with Gasteiger partial charge in [0.25, 0.3) is 0 Å². The van der Waals surface area contributed by atoms with Gasteiger partial charge in [-0.2, -0.15) is 0 Å². The van der Waals surface area contributed by atoms with Gasteiger partial charge in [-0.3, -0.25) is 0 Å². The summed E-state index contributed by atoms with van der Waals surface area (Å²) in [6.45, 7) is 13.9. The molecule has 0 heterocycles. The Morgan fingerprint density at radius 1 is 1.07 bits per heavy atom. The van der Waals surface area contributed by atoms with Gasteiger partial charge in [-0.1, -0.05) is 41.5 Å². The SMILES string of the molecule is CC(CC(CO)C(C)C)CC(C)(C)C. The molecule has 0 aliphatic heterocycles. The molecule has 2 unspecified atom stereocenters. The van der Waals surface area contributed by atoms with E-state index >= 15 is 0 Å². The highest BCUT2D eigenvalue weighted by Gasteiger charge is 2.20. The first-order valence-corrected chi connectivity index (χ1v) is 5.87. The standard InChI is InChI=1S/C13H28O/c1-10(2)12(9-14)7-11(3)8-13(4,5)6/h10-12,14H,7-9H2,1-6H3. The largest absolute Gasteiger partial charge is 0.396 e. The monoisotopic (exact) mass is 200 g/mol. The molecule has 14 heavy (non-hydrogen) atoms. The highest BCUT2D eigenvalue weighted by atomic mass is 16.3. The van der Waals surface area contributed by atoms with Crippen LogP contribution in [0.25, 0.3) is 0 Å². The maximum atomic E-state index is 9.24. The maximum Gasteiger partial charge on any atom is 0.0461 e. The van der Waals surface area contributed by atoms with Crippen LogP contribution in [0.3, 0.4) is 0 Å². The summed E-state index contributed by atoms with van der Waals surface area (Å²) < 4.78 is 0. The van der Waals surface area contributed by atoms with Crippen molar-refractivity contribution in [3.05, 3.63) is 0 Å². The van der Waals surface area contributed by atoms with E-state index in [1.165, 1.54) is 6.42 Å². The first kappa shape index (κ1) is 14.0. The van der Waals surface area contributed by atoms with Crippen molar-refractivity contribution in [2.45, 2.75) is 54.4 Å². The van der Waals surface area contributed by atoms with Gasteiger partial charge in [0, 0.05) is 6.61 Å². The second-order valence-corrected chi connectivity index (χ2v) is 6.29. The lowest BCUT2D eigenvalue weighted by atomic mass is 9.79. The molecule has 0 aromatic heterocycles. The fraction of sp³-hybridized carbons (Fsp3) is 1.00. The summed E-state index contributed by atoms with van der Waals surface area (Å²) >= 11 is 0. The molecule has 0 amide bonds. The summed E-state index contributed by atoms with van der Waals surface area (Å²) in [4.78, 5) is 0. The lowest BCUT2D eigenvalue weighted by molar-refractivity contribution is 0.152. The molecule has 0 fully saturated rings. The van der Waals surface area contributed by atoms with Crippen LogP contribution in [-0.2, 0) is 0 Å². The van der Waals surface area contributed by atoms with Crippen molar-refractivity contribution in [1.82, 2.24) is 0 Å². The number of rotatable bonds is 5. The quantitative estimate of drug-likeness (QED) is 0.717. The molecule has 1 nitrogen and oxygen atoms in total. The van der Waals surface area contributed by atoms with Gasteiger partial charge in [-0.05, 0) is 36.0 Å². The minimum Gasteiger partial charge on any atom is -0.396 e. The minimum atomic E-state index is 0.339. The number of hydrogen-bond acceptors (Lipinski definition) is 1. The molecule has 0 aromatic carbocycles. The normalized spacial score (nSPS) is 17.1. The lowest BCUT2D eigenvalue weighted by Gasteiger charge is -2.27. The van der Waals surface area contributed by atoms with Crippen LogP contribution < -0.4 is 0 Å². The molecule has 0 radical (unpaired) electrons. The first-order chi connectivity index (χ1) is 6.26. The molecule has 0 rings (SSSR count). The Bertz CT molecular complexity index is 144. The molecule has 0 saturated carbocycles. The molecular formula is C13H28O. The van der Waals surface area contributed by atoms with Crippen LogP contribution in [0.1, 0.15) is 54.4 Å². The molecule has 0 aliphatic carbocycles. The Morgan fingerprint density at radius 3 is 1.86 bits per heavy atom. The first-order valence-electron chi connectivity index (χ1n) is 5.87. The molecule has 0 aliphatic rings. The van der Waals surface area contributed by atoms with E-state index in [0.717, 1.165) is 12.3 Å². The number of aliphatic hydroxyl groups excluding tert-OH is 1. The van der Waals surface area contributed by atoms with Gasteiger partial charge in [-0.15, -0.1) is 0 Å². The number of aliphatic hydroxyl groups is 1. The van der Waals surface area contributed by atoms with E-state index in [-0.39, 0.29) is 0 Å². The van der Waals surface area contributed by atoms with Gasteiger partial charge in [0.1, 0.15) is 0 Å². The summed E-state index contributed by atoms with van der Waals surface area (Å²) in [5.41, 5.74) is 0.413. The minimum absolute atomic E-state index is 0.339. The van der Waals surface area contributed by atoms with Crippen molar-refractivity contribution in [3.8, 4) is 0 Å². The van der Waals surface area contributed by atoms with Crippen LogP contribution >= 0.6 is 0 Å². The number of hydrogen-bond donors (Lipinski definition) is 1. The van der Waals surface area contributed by atoms with Crippen molar-refractivity contribution in [1.29, 1.82) is 0 Å². The average Bonchev–Trinajstić information content (AvgIpc) is 1.96. The van der Waals surface area contributed by atoms with Crippen molar-refractivity contribution in [2.75, 3.05) is 6.61 Å². The molecule has 0 bridgehead atoms. The van der Waals surface area contributed by atoms with Crippen LogP contribution in [-0.4, -0.2) is 11.7 Å². The van der Waals surface area contributed by atoms with Crippen molar-refractivity contribution >= 4 is 0 Å². The van der Waals surface area contributed by atoms with E-state index < -0.39 is 0 Å². The Labute approximate surface area is 89.9 Å². The van der Waals surface area contributed by atoms with Crippen LogP contribution in [0, 0.1) is 23.2 Å². The molecule has 1 N–H and O–H groups in total. The second-order valence-electron chi connectivity index (χ2n) is 6.29. The fourth-order valence-electron chi connectivity index (χ4n) is 2.20. The Balaban J connectivity index is 3.97. The van der Waals surface area contributed by atoms with Crippen LogP contribution in [0.4, 0.5) is 0 Å². The van der Waals surface area contributed by atoms with Gasteiger partial charge < -0.3 is 5.11 Å². The van der Waals surface area contributed by atoms with Crippen LogP contribution in [0.2, 0.25) is 0 Å². The third kappa shape index (κ3) is 6.42. The van der Waals surface area contributed by atoms with Gasteiger partial charge in [0.2, 0.25) is 0 Å². The van der Waals surface area contributed by atoms with Crippen molar-refractivity contribution < 1.29 is 5.11 Å². The Morgan fingerprint density at radius 2 is 1.57 bits per heavy atom. The Hall–Kier alpha value is -0.0400.